The van der Waals surface area contributed by atoms with E-state index in [0.717, 1.165) is 18.3 Å². The fourth-order valence-electron chi connectivity index (χ4n) is 5.48. The van der Waals surface area contributed by atoms with E-state index in [9.17, 15) is 9.59 Å². The second kappa shape index (κ2) is 5.82. The van der Waals surface area contributed by atoms with Gasteiger partial charge in [-0.05, 0) is 62.2 Å². The Balaban J connectivity index is 1.73. The lowest BCUT2D eigenvalue weighted by Crippen LogP contribution is -2.59. The third-order valence-electron chi connectivity index (χ3n) is 6.45. The van der Waals surface area contributed by atoms with Crippen LogP contribution in [0.5, 0.6) is 0 Å². The molecule has 0 atom stereocenters. The molecule has 0 N–H and O–H groups in total. The van der Waals surface area contributed by atoms with Crippen LogP contribution in [-0.4, -0.2) is 17.4 Å². The quantitative estimate of drug-likeness (QED) is 0.549. The molecule has 0 saturated heterocycles. The summed E-state index contributed by atoms with van der Waals surface area (Å²) in [5, 5.41) is 0. The molecule has 0 aromatic rings. The molecule has 4 bridgehead atoms. The smallest absolute Gasteiger partial charge is 0.334 e. The molecule has 4 fully saturated rings. The molecule has 3 heteroatoms. The topological polar surface area (TPSA) is 43.4 Å². The van der Waals surface area contributed by atoms with E-state index in [0.29, 0.717) is 23.8 Å². The van der Waals surface area contributed by atoms with Gasteiger partial charge in [0.2, 0.25) is 0 Å². The van der Waals surface area contributed by atoms with Gasteiger partial charge < -0.3 is 4.74 Å². The first-order chi connectivity index (χ1) is 10.5. The summed E-state index contributed by atoms with van der Waals surface area (Å²) in [6.07, 6.45) is 7.72. The maximum atomic E-state index is 12.5. The summed E-state index contributed by atoms with van der Waals surface area (Å²) in [4.78, 5) is 24.0. The van der Waals surface area contributed by atoms with Gasteiger partial charge in [-0.25, -0.2) is 4.79 Å². The highest BCUT2D eigenvalue weighted by atomic mass is 16.6. The van der Waals surface area contributed by atoms with Crippen molar-refractivity contribution in [1.29, 1.82) is 0 Å². The maximum Gasteiger partial charge on any atom is 0.334 e. The van der Waals surface area contributed by atoms with E-state index in [-0.39, 0.29) is 23.8 Å². The Morgan fingerprint density at radius 2 is 1.59 bits per heavy atom. The van der Waals surface area contributed by atoms with Crippen LogP contribution in [0.4, 0.5) is 0 Å². The Labute approximate surface area is 133 Å². The monoisotopic (exact) mass is 304 g/mol. The second-order valence-electron chi connectivity index (χ2n) is 7.67. The molecule has 3 nitrogen and oxygen atoms in total. The molecule has 0 aliphatic heterocycles. The van der Waals surface area contributed by atoms with Gasteiger partial charge in [-0.3, -0.25) is 4.79 Å². The zero-order valence-corrected chi connectivity index (χ0v) is 13.9. The number of hydrogen-bond donors (Lipinski definition) is 0. The normalized spacial score (nSPS) is 38.8. The molecule has 4 aliphatic rings. The van der Waals surface area contributed by atoms with Crippen molar-refractivity contribution in [3.05, 3.63) is 12.2 Å². The van der Waals surface area contributed by atoms with E-state index in [1.807, 2.05) is 6.92 Å². The van der Waals surface area contributed by atoms with Crippen molar-refractivity contribution in [1.82, 2.24) is 0 Å². The van der Waals surface area contributed by atoms with Crippen LogP contribution in [0.15, 0.2) is 12.2 Å². The van der Waals surface area contributed by atoms with Gasteiger partial charge in [0.1, 0.15) is 11.4 Å². The van der Waals surface area contributed by atoms with E-state index in [2.05, 4.69) is 13.5 Å². The van der Waals surface area contributed by atoms with Crippen molar-refractivity contribution >= 4 is 11.8 Å². The first-order valence-corrected chi connectivity index (χ1v) is 8.91. The lowest BCUT2D eigenvalue weighted by Gasteiger charge is -2.60. The average Bonchev–Trinajstić information content (AvgIpc) is 2.49. The van der Waals surface area contributed by atoms with Crippen LogP contribution in [0.1, 0.15) is 65.2 Å². The zero-order chi connectivity index (χ0) is 15.9. The van der Waals surface area contributed by atoms with E-state index in [4.69, 9.17) is 4.74 Å². The molecular weight excluding hydrogens is 276 g/mol. The number of carbonyl (C=O) groups is 2. The van der Waals surface area contributed by atoms with E-state index in [1.165, 1.54) is 32.1 Å². The Morgan fingerprint density at radius 3 is 2.05 bits per heavy atom. The number of ether oxygens (including phenoxy) is 1. The van der Waals surface area contributed by atoms with Crippen LogP contribution in [-0.2, 0) is 14.3 Å². The fraction of sp³-hybridized carbons (Fsp3) is 0.789. The summed E-state index contributed by atoms with van der Waals surface area (Å²) < 4.78 is 6.08. The number of carbonyl (C=O) groups excluding carboxylic acids is 2. The SMILES string of the molecule is C=C(CC(=O)CC)C(=O)OC1(CC)C2CC3CC(C2)CC1C3. The lowest BCUT2D eigenvalue weighted by molar-refractivity contribution is -0.207. The van der Waals surface area contributed by atoms with Crippen molar-refractivity contribution in [3.63, 3.8) is 0 Å². The number of hydrogen-bond acceptors (Lipinski definition) is 3. The van der Waals surface area contributed by atoms with Gasteiger partial charge >= 0.3 is 5.97 Å². The maximum absolute atomic E-state index is 12.5. The predicted molar refractivity (Wildman–Crippen MR) is 85.2 cm³/mol. The molecule has 0 spiro atoms. The van der Waals surface area contributed by atoms with E-state index >= 15 is 0 Å². The van der Waals surface area contributed by atoms with Crippen molar-refractivity contribution < 1.29 is 14.3 Å². The van der Waals surface area contributed by atoms with Crippen molar-refractivity contribution in [2.75, 3.05) is 0 Å². The molecule has 0 unspecified atom stereocenters. The minimum absolute atomic E-state index is 0.0533. The Bertz CT molecular complexity index is 463. The molecule has 0 aromatic carbocycles. The Morgan fingerprint density at radius 1 is 1.05 bits per heavy atom. The summed E-state index contributed by atoms with van der Waals surface area (Å²) in [5.74, 6) is 2.46. The van der Waals surface area contributed by atoms with Gasteiger partial charge in [-0.2, -0.15) is 0 Å². The third kappa shape index (κ3) is 2.53. The average molecular weight is 304 g/mol. The number of rotatable bonds is 6. The molecule has 4 rings (SSSR count). The standard InChI is InChI=1S/C19H28O3/c1-4-17(20)6-12(3)18(21)22-19(5-2)15-8-13-7-14(10-15)11-16(19)9-13/h13-16H,3-11H2,1-2H3. The lowest BCUT2D eigenvalue weighted by atomic mass is 9.49. The molecule has 0 radical (unpaired) electrons. The molecule has 0 amide bonds. The highest BCUT2D eigenvalue weighted by Gasteiger charge is 2.58. The number of Topliss-reactive ketones (excluding diaryl/α,β-unsaturated/α-hetero) is 1. The molecule has 0 heterocycles. The highest BCUT2D eigenvalue weighted by Crippen LogP contribution is 2.60. The Hall–Kier alpha value is -1.12. The molecule has 0 aromatic heterocycles. The summed E-state index contributed by atoms with van der Waals surface area (Å²) in [5.41, 5.74) is 0.0383. The molecule has 22 heavy (non-hydrogen) atoms. The molecule has 122 valence electrons. The zero-order valence-electron chi connectivity index (χ0n) is 13.9. The van der Waals surface area contributed by atoms with Gasteiger partial charge in [0.05, 0.1) is 0 Å². The second-order valence-corrected chi connectivity index (χ2v) is 7.67. The van der Waals surface area contributed by atoms with Crippen LogP contribution in [0, 0.1) is 23.7 Å². The largest absolute Gasteiger partial charge is 0.455 e. The first kappa shape index (κ1) is 15.8. The fourth-order valence-corrected chi connectivity index (χ4v) is 5.48. The first-order valence-electron chi connectivity index (χ1n) is 8.91. The summed E-state index contributed by atoms with van der Waals surface area (Å²) in [6.45, 7) is 7.76. The summed E-state index contributed by atoms with van der Waals surface area (Å²) in [6, 6.07) is 0. The van der Waals surface area contributed by atoms with Crippen molar-refractivity contribution in [2.24, 2.45) is 23.7 Å². The van der Waals surface area contributed by atoms with Crippen LogP contribution in [0.25, 0.3) is 0 Å². The molecule has 4 saturated carbocycles. The van der Waals surface area contributed by atoms with E-state index in [1.54, 1.807) is 0 Å². The van der Waals surface area contributed by atoms with Gasteiger partial charge in [-0.1, -0.05) is 20.4 Å². The minimum atomic E-state index is -0.337. The minimum Gasteiger partial charge on any atom is -0.455 e. The third-order valence-corrected chi connectivity index (χ3v) is 6.45. The van der Waals surface area contributed by atoms with Gasteiger partial charge in [0.15, 0.2) is 0 Å². The number of ketones is 1. The Kier molecular flexibility index (Phi) is 4.17. The number of esters is 1. The molecule has 4 aliphatic carbocycles. The molecular formula is C19H28O3. The van der Waals surface area contributed by atoms with E-state index < -0.39 is 0 Å². The van der Waals surface area contributed by atoms with Crippen molar-refractivity contribution in [3.8, 4) is 0 Å². The predicted octanol–water partition coefficient (Wildman–Crippen LogP) is 4.06. The van der Waals surface area contributed by atoms with Crippen LogP contribution < -0.4 is 0 Å². The van der Waals surface area contributed by atoms with Gasteiger partial charge in [0.25, 0.3) is 0 Å². The van der Waals surface area contributed by atoms with Crippen molar-refractivity contribution in [2.45, 2.75) is 70.8 Å². The van der Waals surface area contributed by atoms with Gasteiger partial charge in [-0.15, -0.1) is 0 Å². The van der Waals surface area contributed by atoms with Gasteiger partial charge in [0, 0.05) is 18.4 Å². The highest BCUT2D eigenvalue weighted by molar-refractivity contribution is 5.95. The summed E-state index contributed by atoms with van der Waals surface area (Å²) in [7, 11) is 0. The van der Waals surface area contributed by atoms with Crippen LogP contribution >= 0.6 is 0 Å². The van der Waals surface area contributed by atoms with Crippen LogP contribution in [0.2, 0.25) is 0 Å². The summed E-state index contributed by atoms with van der Waals surface area (Å²) >= 11 is 0. The van der Waals surface area contributed by atoms with Crippen LogP contribution in [0.3, 0.4) is 0 Å².